The first-order chi connectivity index (χ1) is 8.99. The van der Waals surface area contributed by atoms with Crippen molar-refractivity contribution >= 4 is 29.0 Å². The Bertz CT molecular complexity index is 524. The Labute approximate surface area is 117 Å². The smallest absolute Gasteiger partial charge is 0.229 e. The van der Waals surface area contributed by atoms with Crippen LogP contribution in [0, 0.1) is 5.92 Å². The van der Waals surface area contributed by atoms with Crippen LogP contribution in [0.4, 0.5) is 0 Å². The molecule has 5 heteroatoms. The average Bonchev–Trinajstić information content (AvgIpc) is 2.34. The fraction of sp³-hybridized carbons (Fsp3) is 0.357. The van der Waals surface area contributed by atoms with Gasteiger partial charge in [-0.2, -0.15) is 0 Å². The van der Waals surface area contributed by atoms with Gasteiger partial charge < -0.3 is 5.73 Å². The van der Waals surface area contributed by atoms with Gasteiger partial charge in [-0.3, -0.25) is 14.5 Å². The number of nitrogens with two attached hydrogens (primary N) is 1. The molecule has 1 saturated heterocycles. The van der Waals surface area contributed by atoms with Crippen LogP contribution in [0.15, 0.2) is 24.3 Å². The Morgan fingerprint density at radius 1 is 1.32 bits per heavy atom. The Hall–Kier alpha value is -1.75. The maximum absolute atomic E-state index is 11.9. The number of hydrogen-bond acceptors (Lipinski definition) is 3. The molecule has 2 rings (SSSR count). The van der Waals surface area contributed by atoms with E-state index < -0.39 is 0 Å². The average molecular weight is 276 g/mol. The molecule has 0 bridgehead atoms. The molecule has 0 aromatic heterocycles. The maximum atomic E-state index is 11.9. The summed E-state index contributed by atoms with van der Waals surface area (Å²) in [6, 6.07) is 7.32. The van der Waals surface area contributed by atoms with Crippen LogP contribution >= 0.6 is 12.2 Å². The monoisotopic (exact) mass is 276 g/mol. The quantitative estimate of drug-likeness (QED) is 0.673. The normalized spacial score (nSPS) is 16.8. The van der Waals surface area contributed by atoms with Gasteiger partial charge in [-0.1, -0.05) is 43.4 Å². The van der Waals surface area contributed by atoms with Crippen molar-refractivity contribution in [3.8, 4) is 0 Å². The van der Waals surface area contributed by atoms with Gasteiger partial charge in [-0.05, 0) is 11.5 Å². The third-order valence-corrected chi connectivity index (χ3v) is 3.48. The Balaban J connectivity index is 2.24. The van der Waals surface area contributed by atoms with Crippen LogP contribution in [-0.2, 0) is 16.1 Å². The SMILES string of the molecule is CC1CC(=O)N(Cc2ccccc2C(N)=S)C(=O)C1. The van der Waals surface area contributed by atoms with Crippen LogP contribution < -0.4 is 5.73 Å². The minimum atomic E-state index is -0.124. The fourth-order valence-corrected chi connectivity index (χ4v) is 2.47. The molecule has 0 aliphatic carbocycles. The zero-order valence-electron chi connectivity index (χ0n) is 10.8. The molecule has 0 unspecified atom stereocenters. The number of imide groups is 1. The highest BCUT2D eigenvalue weighted by atomic mass is 32.1. The topological polar surface area (TPSA) is 63.4 Å². The summed E-state index contributed by atoms with van der Waals surface area (Å²) in [5.74, 6) is -0.120. The van der Waals surface area contributed by atoms with E-state index in [1.54, 1.807) is 6.07 Å². The van der Waals surface area contributed by atoms with E-state index in [1.165, 1.54) is 4.90 Å². The molecule has 1 aliphatic heterocycles. The van der Waals surface area contributed by atoms with Crippen molar-refractivity contribution in [1.29, 1.82) is 0 Å². The first-order valence-electron chi connectivity index (χ1n) is 6.20. The summed E-state index contributed by atoms with van der Waals surface area (Å²) in [5, 5.41) is 0. The number of thiocarbonyl (C=S) groups is 1. The highest BCUT2D eigenvalue weighted by molar-refractivity contribution is 7.80. The van der Waals surface area contributed by atoms with Gasteiger partial charge in [0.2, 0.25) is 11.8 Å². The maximum Gasteiger partial charge on any atom is 0.229 e. The predicted molar refractivity (Wildman–Crippen MR) is 76.3 cm³/mol. The molecule has 0 radical (unpaired) electrons. The molecular weight excluding hydrogens is 260 g/mol. The second-order valence-electron chi connectivity index (χ2n) is 4.91. The molecule has 0 atom stereocenters. The largest absolute Gasteiger partial charge is 0.389 e. The highest BCUT2D eigenvalue weighted by Crippen LogP contribution is 2.22. The van der Waals surface area contributed by atoms with Gasteiger partial charge in [0, 0.05) is 18.4 Å². The van der Waals surface area contributed by atoms with Crippen LogP contribution in [0.2, 0.25) is 0 Å². The molecule has 0 spiro atoms. The van der Waals surface area contributed by atoms with Crippen LogP contribution in [0.25, 0.3) is 0 Å². The molecule has 1 heterocycles. The summed E-state index contributed by atoms with van der Waals surface area (Å²) < 4.78 is 0. The molecule has 1 aromatic rings. The minimum Gasteiger partial charge on any atom is -0.389 e. The summed E-state index contributed by atoms with van der Waals surface area (Å²) in [7, 11) is 0. The number of hydrogen-bond donors (Lipinski definition) is 1. The van der Waals surface area contributed by atoms with Crippen molar-refractivity contribution in [1.82, 2.24) is 4.90 Å². The van der Waals surface area contributed by atoms with Gasteiger partial charge in [-0.25, -0.2) is 0 Å². The lowest BCUT2D eigenvalue weighted by molar-refractivity contribution is -0.150. The van der Waals surface area contributed by atoms with Crippen molar-refractivity contribution in [2.24, 2.45) is 11.7 Å². The zero-order valence-corrected chi connectivity index (χ0v) is 11.6. The van der Waals surface area contributed by atoms with E-state index >= 15 is 0 Å². The number of carbonyl (C=O) groups excluding carboxylic acids is 2. The number of carbonyl (C=O) groups is 2. The van der Waals surface area contributed by atoms with Gasteiger partial charge in [0.25, 0.3) is 0 Å². The molecule has 100 valence electrons. The van der Waals surface area contributed by atoms with Crippen molar-refractivity contribution in [3.63, 3.8) is 0 Å². The summed E-state index contributed by atoms with van der Waals surface area (Å²) in [5.41, 5.74) is 7.18. The molecule has 0 saturated carbocycles. The van der Waals surface area contributed by atoms with Gasteiger partial charge in [0.1, 0.15) is 4.99 Å². The van der Waals surface area contributed by atoms with E-state index in [0.717, 1.165) is 11.1 Å². The Morgan fingerprint density at radius 2 is 1.89 bits per heavy atom. The minimum absolute atomic E-state index is 0.124. The number of nitrogens with zero attached hydrogens (tertiary/aromatic N) is 1. The van der Waals surface area contributed by atoms with E-state index in [-0.39, 0.29) is 29.3 Å². The number of piperidine rings is 1. The fourth-order valence-electron chi connectivity index (χ4n) is 2.27. The van der Waals surface area contributed by atoms with E-state index in [9.17, 15) is 9.59 Å². The molecule has 19 heavy (non-hydrogen) atoms. The highest BCUT2D eigenvalue weighted by Gasteiger charge is 2.30. The van der Waals surface area contributed by atoms with Crippen molar-refractivity contribution in [2.45, 2.75) is 26.3 Å². The third-order valence-electron chi connectivity index (χ3n) is 3.26. The lowest BCUT2D eigenvalue weighted by atomic mass is 9.97. The van der Waals surface area contributed by atoms with E-state index in [2.05, 4.69) is 0 Å². The molecule has 1 aromatic carbocycles. The second kappa shape index (κ2) is 5.48. The molecule has 4 nitrogen and oxygen atoms in total. The number of amides is 2. The van der Waals surface area contributed by atoms with Gasteiger partial charge in [0.05, 0.1) is 6.54 Å². The van der Waals surface area contributed by atoms with Crippen LogP contribution in [0.3, 0.4) is 0 Å². The Kier molecular flexibility index (Phi) is 3.95. The summed E-state index contributed by atoms with van der Waals surface area (Å²) in [4.78, 5) is 25.5. The van der Waals surface area contributed by atoms with Crippen LogP contribution in [0.5, 0.6) is 0 Å². The van der Waals surface area contributed by atoms with E-state index in [4.69, 9.17) is 18.0 Å². The summed E-state index contributed by atoms with van der Waals surface area (Å²) in [6.45, 7) is 2.16. The first kappa shape index (κ1) is 13.7. The number of rotatable bonds is 3. The van der Waals surface area contributed by atoms with E-state index in [0.29, 0.717) is 12.8 Å². The van der Waals surface area contributed by atoms with Crippen molar-refractivity contribution in [3.05, 3.63) is 35.4 Å². The lowest BCUT2D eigenvalue weighted by Crippen LogP contribution is -2.42. The van der Waals surface area contributed by atoms with Gasteiger partial charge in [0.15, 0.2) is 0 Å². The van der Waals surface area contributed by atoms with Crippen LogP contribution in [-0.4, -0.2) is 21.7 Å². The molecule has 1 aliphatic rings. The molecule has 2 N–H and O–H groups in total. The van der Waals surface area contributed by atoms with Crippen molar-refractivity contribution in [2.75, 3.05) is 0 Å². The third kappa shape index (κ3) is 2.98. The van der Waals surface area contributed by atoms with Crippen LogP contribution in [0.1, 0.15) is 30.9 Å². The zero-order chi connectivity index (χ0) is 14.0. The number of benzene rings is 1. The number of likely N-dealkylation sites (tertiary alicyclic amines) is 1. The van der Waals surface area contributed by atoms with Gasteiger partial charge >= 0.3 is 0 Å². The summed E-state index contributed by atoms with van der Waals surface area (Å²) in [6.07, 6.45) is 0.835. The Morgan fingerprint density at radius 3 is 2.47 bits per heavy atom. The molecular formula is C14H16N2O2S. The lowest BCUT2D eigenvalue weighted by Gasteiger charge is -2.28. The first-order valence-corrected chi connectivity index (χ1v) is 6.60. The predicted octanol–water partition coefficient (Wildman–Crippen LogP) is 1.61. The molecule has 2 amide bonds. The van der Waals surface area contributed by atoms with Gasteiger partial charge in [-0.15, -0.1) is 0 Å². The van der Waals surface area contributed by atoms with Crippen molar-refractivity contribution < 1.29 is 9.59 Å². The standard InChI is InChI=1S/C14H16N2O2S/c1-9-6-12(17)16(13(18)7-9)8-10-4-2-3-5-11(10)14(15)19/h2-5,9H,6-8H2,1H3,(H2,15,19). The van der Waals surface area contributed by atoms with E-state index in [1.807, 2.05) is 25.1 Å². The summed E-state index contributed by atoms with van der Waals surface area (Å²) >= 11 is 4.98. The second-order valence-corrected chi connectivity index (χ2v) is 5.35. The molecule has 1 fully saturated rings.